The molecule has 3 nitrogen and oxygen atoms in total. The number of anilines is 2. The summed E-state index contributed by atoms with van der Waals surface area (Å²) in [6.45, 7) is 0. The van der Waals surface area contributed by atoms with Crippen molar-refractivity contribution in [2.24, 2.45) is 0 Å². The van der Waals surface area contributed by atoms with Gasteiger partial charge in [0.05, 0.1) is 5.69 Å². The van der Waals surface area contributed by atoms with Crippen LogP contribution >= 0.6 is 11.8 Å². The molecule has 0 radical (unpaired) electrons. The minimum atomic E-state index is 0.00903. The summed E-state index contributed by atoms with van der Waals surface area (Å²) in [6, 6.07) is 15.4. The molecule has 104 valence electrons. The molecule has 0 aliphatic heterocycles. The molecule has 0 saturated carbocycles. The summed E-state index contributed by atoms with van der Waals surface area (Å²) in [4.78, 5) is 13.1. The van der Waals surface area contributed by atoms with Crippen LogP contribution in [-0.2, 0) is 11.2 Å². The lowest BCUT2D eigenvalue weighted by molar-refractivity contribution is -0.116. The summed E-state index contributed by atoms with van der Waals surface area (Å²) in [5, 5.41) is 2.95. The van der Waals surface area contributed by atoms with Crippen molar-refractivity contribution < 1.29 is 4.79 Å². The number of hydrogen-bond donors (Lipinski definition) is 2. The van der Waals surface area contributed by atoms with Crippen molar-refractivity contribution in [1.82, 2.24) is 0 Å². The molecule has 0 fully saturated rings. The van der Waals surface area contributed by atoms with E-state index in [9.17, 15) is 4.79 Å². The van der Waals surface area contributed by atoms with Gasteiger partial charge in [0.15, 0.2) is 0 Å². The van der Waals surface area contributed by atoms with Crippen molar-refractivity contribution in [3.05, 3.63) is 54.1 Å². The average Bonchev–Trinajstić information content (AvgIpc) is 2.47. The van der Waals surface area contributed by atoms with Gasteiger partial charge in [-0.15, -0.1) is 11.8 Å². The van der Waals surface area contributed by atoms with E-state index in [2.05, 4.69) is 5.32 Å². The van der Waals surface area contributed by atoms with Crippen LogP contribution in [-0.4, -0.2) is 12.2 Å². The lowest BCUT2D eigenvalue weighted by Crippen LogP contribution is -2.13. The molecule has 0 bridgehead atoms. The van der Waals surface area contributed by atoms with Crippen LogP contribution in [0.5, 0.6) is 0 Å². The number of aryl methyl sites for hydroxylation is 1. The van der Waals surface area contributed by atoms with E-state index in [1.807, 2.05) is 54.8 Å². The fourth-order valence-corrected chi connectivity index (χ4v) is 2.52. The molecule has 2 rings (SSSR count). The predicted molar refractivity (Wildman–Crippen MR) is 86.0 cm³/mol. The Morgan fingerprint density at radius 1 is 1.15 bits per heavy atom. The van der Waals surface area contributed by atoms with Gasteiger partial charge in [-0.3, -0.25) is 4.79 Å². The van der Waals surface area contributed by atoms with Crippen LogP contribution in [0.25, 0.3) is 0 Å². The van der Waals surface area contributed by atoms with Gasteiger partial charge in [-0.05, 0) is 36.4 Å². The Bertz CT molecular complexity index is 599. The van der Waals surface area contributed by atoms with Gasteiger partial charge in [0.2, 0.25) is 5.91 Å². The number of nitrogens with two attached hydrogens (primary N) is 1. The van der Waals surface area contributed by atoms with E-state index in [-0.39, 0.29) is 5.91 Å². The number of hydrogen-bond acceptors (Lipinski definition) is 3. The van der Waals surface area contributed by atoms with E-state index in [4.69, 9.17) is 5.73 Å². The van der Waals surface area contributed by atoms with Crippen LogP contribution in [0, 0.1) is 0 Å². The molecule has 20 heavy (non-hydrogen) atoms. The number of benzene rings is 2. The van der Waals surface area contributed by atoms with Crippen LogP contribution in [0.15, 0.2) is 53.4 Å². The minimum absolute atomic E-state index is 0.00903. The van der Waals surface area contributed by atoms with Crippen LogP contribution in [0.2, 0.25) is 0 Å². The first-order valence-electron chi connectivity index (χ1n) is 6.47. The Hall–Kier alpha value is -1.94. The van der Waals surface area contributed by atoms with Crippen molar-refractivity contribution in [1.29, 1.82) is 0 Å². The first-order chi connectivity index (χ1) is 9.70. The second-order valence-electron chi connectivity index (χ2n) is 4.45. The number of amides is 1. The first kappa shape index (κ1) is 14.5. The highest BCUT2D eigenvalue weighted by Crippen LogP contribution is 2.24. The van der Waals surface area contributed by atoms with Gasteiger partial charge in [-0.25, -0.2) is 0 Å². The highest BCUT2D eigenvalue weighted by Gasteiger charge is 2.07. The fourth-order valence-electron chi connectivity index (χ4n) is 1.97. The van der Waals surface area contributed by atoms with Crippen LogP contribution < -0.4 is 11.1 Å². The van der Waals surface area contributed by atoms with E-state index >= 15 is 0 Å². The molecule has 2 aromatic carbocycles. The third-order valence-corrected chi connectivity index (χ3v) is 3.85. The summed E-state index contributed by atoms with van der Waals surface area (Å²) in [7, 11) is 0. The summed E-state index contributed by atoms with van der Waals surface area (Å²) in [6.07, 6.45) is 3.08. The summed E-state index contributed by atoms with van der Waals surface area (Å²) < 4.78 is 0. The second kappa shape index (κ2) is 7.01. The molecule has 0 saturated heterocycles. The van der Waals surface area contributed by atoms with Crippen molar-refractivity contribution >= 4 is 29.0 Å². The maximum Gasteiger partial charge on any atom is 0.224 e. The molecule has 0 heterocycles. The highest BCUT2D eigenvalue weighted by molar-refractivity contribution is 7.98. The normalized spacial score (nSPS) is 10.2. The largest absolute Gasteiger partial charge is 0.399 e. The van der Waals surface area contributed by atoms with Gasteiger partial charge in [-0.2, -0.15) is 0 Å². The monoisotopic (exact) mass is 286 g/mol. The molecule has 0 aliphatic carbocycles. The molecule has 0 unspecified atom stereocenters. The quantitative estimate of drug-likeness (QED) is 0.652. The van der Waals surface area contributed by atoms with Gasteiger partial charge in [0, 0.05) is 17.0 Å². The Labute approximate surface area is 123 Å². The first-order valence-corrected chi connectivity index (χ1v) is 7.69. The summed E-state index contributed by atoms with van der Waals surface area (Å²) in [5.41, 5.74) is 8.49. The maximum absolute atomic E-state index is 12.0. The molecule has 0 aromatic heterocycles. The lowest BCUT2D eigenvalue weighted by Gasteiger charge is -2.09. The van der Waals surface area contributed by atoms with E-state index in [1.54, 1.807) is 11.8 Å². The lowest BCUT2D eigenvalue weighted by atomic mass is 10.1. The van der Waals surface area contributed by atoms with Crippen molar-refractivity contribution in [3.8, 4) is 0 Å². The topological polar surface area (TPSA) is 55.1 Å². The number of carbonyl (C=O) groups is 1. The molecular formula is C16H18N2OS. The predicted octanol–water partition coefficient (Wildman–Crippen LogP) is 3.56. The average molecular weight is 286 g/mol. The Kier molecular flexibility index (Phi) is 5.07. The molecule has 0 spiro atoms. The Balaban J connectivity index is 1.95. The van der Waals surface area contributed by atoms with E-state index < -0.39 is 0 Å². The van der Waals surface area contributed by atoms with Crippen molar-refractivity contribution in [2.75, 3.05) is 17.3 Å². The van der Waals surface area contributed by atoms with Crippen molar-refractivity contribution in [3.63, 3.8) is 0 Å². The number of thioether (sulfide) groups is 1. The van der Waals surface area contributed by atoms with E-state index in [0.29, 0.717) is 12.8 Å². The summed E-state index contributed by atoms with van der Waals surface area (Å²) in [5.74, 6) is 0.00903. The van der Waals surface area contributed by atoms with Gasteiger partial charge >= 0.3 is 0 Å². The van der Waals surface area contributed by atoms with E-state index in [1.165, 1.54) is 0 Å². The zero-order chi connectivity index (χ0) is 14.4. The van der Waals surface area contributed by atoms with Gasteiger partial charge in [-0.1, -0.05) is 30.3 Å². The molecule has 4 heteroatoms. The number of nitrogens with one attached hydrogen (secondary N) is 1. The second-order valence-corrected chi connectivity index (χ2v) is 5.30. The van der Waals surface area contributed by atoms with Crippen LogP contribution in [0.4, 0.5) is 11.4 Å². The fraction of sp³-hybridized carbons (Fsp3) is 0.188. The molecule has 0 aliphatic rings. The third-order valence-electron chi connectivity index (χ3n) is 3.06. The SMILES string of the molecule is CSc1ccccc1NC(=O)CCc1ccccc1N. The number of rotatable bonds is 5. The van der Waals surface area contributed by atoms with Crippen LogP contribution in [0.3, 0.4) is 0 Å². The maximum atomic E-state index is 12.0. The number of nitrogen functional groups attached to an aromatic ring is 1. The summed E-state index contributed by atoms with van der Waals surface area (Å²) >= 11 is 1.62. The van der Waals surface area contributed by atoms with Crippen LogP contribution in [0.1, 0.15) is 12.0 Å². The zero-order valence-electron chi connectivity index (χ0n) is 11.4. The Morgan fingerprint density at radius 2 is 1.85 bits per heavy atom. The third kappa shape index (κ3) is 3.78. The zero-order valence-corrected chi connectivity index (χ0v) is 12.2. The molecule has 0 atom stereocenters. The number of para-hydroxylation sites is 2. The van der Waals surface area contributed by atoms with Gasteiger partial charge in [0.1, 0.15) is 0 Å². The molecular weight excluding hydrogens is 268 g/mol. The smallest absolute Gasteiger partial charge is 0.224 e. The van der Waals surface area contributed by atoms with E-state index in [0.717, 1.165) is 21.8 Å². The highest BCUT2D eigenvalue weighted by atomic mass is 32.2. The standard InChI is InChI=1S/C16H18N2OS/c1-20-15-9-5-4-8-14(15)18-16(19)11-10-12-6-2-3-7-13(12)17/h2-9H,10-11,17H2,1H3,(H,18,19). The number of carbonyl (C=O) groups excluding carboxylic acids is 1. The molecule has 3 N–H and O–H groups in total. The minimum Gasteiger partial charge on any atom is -0.399 e. The molecule has 2 aromatic rings. The molecule has 1 amide bonds. The van der Waals surface area contributed by atoms with Crippen molar-refractivity contribution in [2.45, 2.75) is 17.7 Å². The van der Waals surface area contributed by atoms with Gasteiger partial charge in [0.25, 0.3) is 0 Å². The Morgan fingerprint density at radius 3 is 2.60 bits per heavy atom. The van der Waals surface area contributed by atoms with Gasteiger partial charge < -0.3 is 11.1 Å².